The zero-order chi connectivity index (χ0) is 12.0. The Balaban J connectivity index is 2.67. The van der Waals surface area contributed by atoms with Crippen LogP contribution < -0.4 is 5.73 Å². The predicted octanol–water partition coefficient (Wildman–Crippen LogP) is 2.14. The van der Waals surface area contributed by atoms with E-state index in [1.54, 1.807) is 24.3 Å². The van der Waals surface area contributed by atoms with Gasteiger partial charge in [0.1, 0.15) is 0 Å². The molecule has 0 heterocycles. The van der Waals surface area contributed by atoms with Crippen LogP contribution >= 0.6 is 11.6 Å². The van der Waals surface area contributed by atoms with Gasteiger partial charge < -0.3 is 10.8 Å². The van der Waals surface area contributed by atoms with Gasteiger partial charge in [-0.25, -0.2) is 0 Å². The molecule has 0 aromatic heterocycles. The fourth-order valence-corrected chi connectivity index (χ4v) is 1.35. The number of carbonyl (C=O) groups excluding carboxylic acids is 1. The Morgan fingerprint density at radius 2 is 2.00 bits per heavy atom. The second kappa shape index (κ2) is 6.30. The summed E-state index contributed by atoms with van der Waals surface area (Å²) in [5, 5.41) is 9.21. The van der Waals surface area contributed by atoms with Gasteiger partial charge in [0, 0.05) is 29.0 Å². The van der Waals surface area contributed by atoms with E-state index in [1.165, 1.54) is 6.08 Å². The Kier molecular flexibility index (Phi) is 5.02. The molecule has 1 rings (SSSR count). The zero-order valence-corrected chi connectivity index (χ0v) is 9.57. The van der Waals surface area contributed by atoms with Gasteiger partial charge in [-0.05, 0) is 37.1 Å². The summed E-state index contributed by atoms with van der Waals surface area (Å²) in [7, 11) is 0. The van der Waals surface area contributed by atoms with Crippen LogP contribution in [-0.2, 0) is 0 Å². The molecule has 3 nitrogen and oxygen atoms in total. The van der Waals surface area contributed by atoms with Crippen molar-refractivity contribution in [2.24, 2.45) is 5.73 Å². The van der Waals surface area contributed by atoms with Crippen LogP contribution in [0, 0.1) is 0 Å². The molecular formula is C12H14ClNO2. The molecule has 0 saturated heterocycles. The van der Waals surface area contributed by atoms with E-state index in [9.17, 15) is 4.79 Å². The number of aliphatic hydroxyl groups is 1. The van der Waals surface area contributed by atoms with Gasteiger partial charge >= 0.3 is 0 Å². The molecular weight excluding hydrogens is 226 g/mol. The van der Waals surface area contributed by atoms with Crippen LogP contribution in [0.2, 0.25) is 5.02 Å². The molecule has 3 N–H and O–H groups in total. The molecule has 0 spiro atoms. The SMILES string of the molecule is N/C(=C\C(=O)c1ccc(Cl)cc1)CCCO. The highest BCUT2D eigenvalue weighted by Crippen LogP contribution is 2.11. The van der Waals surface area contributed by atoms with Crippen molar-refractivity contribution >= 4 is 17.4 Å². The van der Waals surface area contributed by atoms with E-state index >= 15 is 0 Å². The van der Waals surface area contributed by atoms with Crippen molar-refractivity contribution in [1.29, 1.82) is 0 Å². The van der Waals surface area contributed by atoms with E-state index in [0.29, 0.717) is 29.1 Å². The molecule has 16 heavy (non-hydrogen) atoms. The smallest absolute Gasteiger partial charge is 0.187 e. The van der Waals surface area contributed by atoms with Crippen molar-refractivity contribution in [3.05, 3.63) is 46.6 Å². The minimum absolute atomic E-state index is 0.0731. The molecule has 0 aliphatic rings. The lowest BCUT2D eigenvalue weighted by atomic mass is 10.1. The molecule has 0 unspecified atom stereocenters. The number of aliphatic hydroxyl groups excluding tert-OH is 1. The van der Waals surface area contributed by atoms with Crippen LogP contribution in [0.15, 0.2) is 36.0 Å². The first-order valence-electron chi connectivity index (χ1n) is 5.00. The van der Waals surface area contributed by atoms with Gasteiger partial charge in [-0.2, -0.15) is 0 Å². The number of allylic oxidation sites excluding steroid dienone is 2. The minimum atomic E-state index is -0.146. The Bertz CT molecular complexity index is 385. The van der Waals surface area contributed by atoms with Crippen molar-refractivity contribution in [3.63, 3.8) is 0 Å². The first-order chi connectivity index (χ1) is 7.63. The van der Waals surface area contributed by atoms with Gasteiger partial charge in [0.15, 0.2) is 5.78 Å². The third-order valence-corrected chi connectivity index (χ3v) is 2.32. The standard InChI is InChI=1S/C12H14ClNO2/c13-10-5-3-9(4-6-10)12(16)8-11(14)2-1-7-15/h3-6,8,15H,1-2,7,14H2/b11-8-. The lowest BCUT2D eigenvalue weighted by Gasteiger charge is -2.00. The maximum atomic E-state index is 11.7. The Hall–Kier alpha value is -1.32. The lowest BCUT2D eigenvalue weighted by molar-refractivity contribution is 0.104. The highest BCUT2D eigenvalue weighted by molar-refractivity contribution is 6.30. The number of nitrogens with two attached hydrogens (primary N) is 1. The third-order valence-electron chi connectivity index (χ3n) is 2.07. The summed E-state index contributed by atoms with van der Waals surface area (Å²) < 4.78 is 0. The number of benzene rings is 1. The molecule has 0 atom stereocenters. The summed E-state index contributed by atoms with van der Waals surface area (Å²) in [6, 6.07) is 6.63. The topological polar surface area (TPSA) is 63.3 Å². The number of ketones is 1. The van der Waals surface area contributed by atoms with Crippen molar-refractivity contribution in [3.8, 4) is 0 Å². The predicted molar refractivity (Wildman–Crippen MR) is 64.4 cm³/mol. The van der Waals surface area contributed by atoms with Crippen LogP contribution in [0.5, 0.6) is 0 Å². The lowest BCUT2D eigenvalue weighted by Crippen LogP contribution is -2.03. The van der Waals surface area contributed by atoms with Gasteiger partial charge in [0.2, 0.25) is 0 Å². The number of halogens is 1. The summed E-state index contributed by atoms with van der Waals surface area (Å²) in [5.74, 6) is -0.146. The second-order valence-electron chi connectivity index (χ2n) is 3.42. The number of hydrogen-bond acceptors (Lipinski definition) is 3. The van der Waals surface area contributed by atoms with E-state index < -0.39 is 0 Å². The largest absolute Gasteiger partial charge is 0.402 e. The van der Waals surface area contributed by atoms with E-state index in [1.807, 2.05) is 0 Å². The molecule has 0 radical (unpaired) electrons. The average Bonchev–Trinajstić information content (AvgIpc) is 2.27. The Morgan fingerprint density at radius 1 is 1.38 bits per heavy atom. The summed E-state index contributed by atoms with van der Waals surface area (Å²) in [6.45, 7) is 0.0731. The number of rotatable bonds is 5. The third kappa shape index (κ3) is 4.04. The quantitative estimate of drug-likeness (QED) is 0.611. The fraction of sp³-hybridized carbons (Fsp3) is 0.250. The molecule has 0 saturated carbocycles. The highest BCUT2D eigenvalue weighted by atomic mass is 35.5. The first-order valence-corrected chi connectivity index (χ1v) is 5.38. The monoisotopic (exact) mass is 239 g/mol. The van der Waals surface area contributed by atoms with Gasteiger partial charge in [0.25, 0.3) is 0 Å². The number of carbonyl (C=O) groups is 1. The van der Waals surface area contributed by atoms with Gasteiger partial charge in [0.05, 0.1) is 0 Å². The minimum Gasteiger partial charge on any atom is -0.402 e. The van der Waals surface area contributed by atoms with Gasteiger partial charge in [-0.3, -0.25) is 4.79 Å². The fourth-order valence-electron chi connectivity index (χ4n) is 1.22. The Labute approximate surface area is 99.5 Å². The zero-order valence-electron chi connectivity index (χ0n) is 8.82. The maximum Gasteiger partial charge on any atom is 0.187 e. The molecule has 0 amide bonds. The Morgan fingerprint density at radius 3 is 2.56 bits per heavy atom. The number of hydrogen-bond donors (Lipinski definition) is 2. The van der Waals surface area contributed by atoms with Gasteiger partial charge in [-0.15, -0.1) is 0 Å². The maximum absolute atomic E-state index is 11.7. The van der Waals surface area contributed by atoms with Crippen LogP contribution in [0.3, 0.4) is 0 Å². The van der Waals surface area contributed by atoms with Crippen LogP contribution in [-0.4, -0.2) is 17.5 Å². The summed E-state index contributed by atoms with van der Waals surface area (Å²) in [6.07, 6.45) is 2.48. The van der Waals surface area contributed by atoms with Crippen LogP contribution in [0.4, 0.5) is 0 Å². The summed E-state index contributed by atoms with van der Waals surface area (Å²) in [5.41, 5.74) is 6.66. The molecule has 1 aromatic carbocycles. The summed E-state index contributed by atoms with van der Waals surface area (Å²) in [4.78, 5) is 11.7. The molecule has 86 valence electrons. The van der Waals surface area contributed by atoms with Crippen molar-refractivity contribution < 1.29 is 9.90 Å². The molecule has 1 aromatic rings. The molecule has 4 heteroatoms. The van der Waals surface area contributed by atoms with E-state index in [-0.39, 0.29) is 12.4 Å². The van der Waals surface area contributed by atoms with E-state index in [0.717, 1.165) is 0 Å². The van der Waals surface area contributed by atoms with Crippen molar-refractivity contribution in [2.45, 2.75) is 12.8 Å². The average molecular weight is 240 g/mol. The second-order valence-corrected chi connectivity index (χ2v) is 3.85. The van der Waals surface area contributed by atoms with Crippen molar-refractivity contribution in [2.75, 3.05) is 6.61 Å². The normalized spacial score (nSPS) is 11.5. The molecule has 0 bridgehead atoms. The summed E-state index contributed by atoms with van der Waals surface area (Å²) >= 11 is 5.71. The molecule has 0 aliphatic heterocycles. The van der Waals surface area contributed by atoms with Crippen LogP contribution in [0.25, 0.3) is 0 Å². The first kappa shape index (κ1) is 12.7. The van der Waals surface area contributed by atoms with Crippen LogP contribution in [0.1, 0.15) is 23.2 Å². The van der Waals surface area contributed by atoms with E-state index in [2.05, 4.69) is 0 Å². The van der Waals surface area contributed by atoms with Crippen molar-refractivity contribution in [1.82, 2.24) is 0 Å². The van der Waals surface area contributed by atoms with Gasteiger partial charge in [-0.1, -0.05) is 11.6 Å². The van der Waals surface area contributed by atoms with E-state index in [4.69, 9.17) is 22.4 Å². The molecule has 0 fully saturated rings. The molecule has 0 aliphatic carbocycles. The highest BCUT2D eigenvalue weighted by Gasteiger charge is 2.03.